The van der Waals surface area contributed by atoms with Crippen LogP contribution in [-0.2, 0) is 0 Å². The van der Waals surface area contributed by atoms with Gasteiger partial charge in [0.05, 0.1) is 23.5 Å². The Kier molecular flexibility index (Phi) is 4.80. The second kappa shape index (κ2) is 5.89. The molecule has 0 aliphatic rings. The Morgan fingerprint density at radius 3 is 2.80 bits per heavy atom. The summed E-state index contributed by atoms with van der Waals surface area (Å²) < 4.78 is 5.05. The Bertz CT molecular complexity index is 375. The van der Waals surface area contributed by atoms with Gasteiger partial charge in [-0.2, -0.15) is 5.26 Å². The second-order valence-corrected chi connectivity index (χ2v) is 4.62. The van der Waals surface area contributed by atoms with Gasteiger partial charge < -0.3 is 4.74 Å². The van der Waals surface area contributed by atoms with Crippen molar-refractivity contribution in [2.24, 2.45) is 0 Å². The van der Waals surface area contributed by atoms with Gasteiger partial charge in [-0.3, -0.25) is 0 Å². The zero-order valence-electron chi connectivity index (χ0n) is 8.66. The highest BCUT2D eigenvalue weighted by Gasteiger charge is 2.08. The van der Waals surface area contributed by atoms with Crippen molar-refractivity contribution in [1.29, 1.82) is 5.26 Å². The van der Waals surface area contributed by atoms with Crippen LogP contribution >= 0.6 is 23.4 Å². The molecule has 0 saturated heterocycles. The first-order valence-electron chi connectivity index (χ1n) is 4.61. The Hall–Kier alpha value is -0.850. The summed E-state index contributed by atoms with van der Waals surface area (Å²) in [6.45, 7) is 1.99. The fourth-order valence-electron chi connectivity index (χ4n) is 1.09. The van der Waals surface area contributed by atoms with Gasteiger partial charge in [0.15, 0.2) is 0 Å². The molecule has 1 rings (SSSR count). The molecule has 0 saturated carbocycles. The van der Waals surface area contributed by atoms with E-state index in [9.17, 15) is 0 Å². The minimum absolute atomic E-state index is 0.0190. The van der Waals surface area contributed by atoms with Crippen LogP contribution in [-0.4, -0.2) is 12.4 Å². The Morgan fingerprint density at radius 2 is 2.33 bits per heavy atom. The summed E-state index contributed by atoms with van der Waals surface area (Å²) in [4.78, 5) is 0.995. The van der Waals surface area contributed by atoms with Gasteiger partial charge >= 0.3 is 0 Å². The summed E-state index contributed by atoms with van der Waals surface area (Å²) in [6, 6.07) is 7.79. The number of hydrogen-bond acceptors (Lipinski definition) is 3. The van der Waals surface area contributed by atoms with E-state index in [1.54, 1.807) is 7.11 Å². The van der Waals surface area contributed by atoms with Crippen molar-refractivity contribution in [3.8, 4) is 11.8 Å². The van der Waals surface area contributed by atoms with Gasteiger partial charge in [-0.25, -0.2) is 0 Å². The van der Waals surface area contributed by atoms with E-state index in [0.717, 1.165) is 11.3 Å². The van der Waals surface area contributed by atoms with Crippen molar-refractivity contribution in [2.45, 2.75) is 23.5 Å². The molecule has 4 heteroatoms. The van der Waals surface area contributed by atoms with Crippen molar-refractivity contribution in [3.63, 3.8) is 0 Å². The maximum absolute atomic E-state index is 8.83. The molecule has 1 aromatic carbocycles. The quantitative estimate of drug-likeness (QED) is 0.753. The van der Waals surface area contributed by atoms with E-state index >= 15 is 0 Å². The number of thioether (sulfide) groups is 1. The topological polar surface area (TPSA) is 33.0 Å². The highest BCUT2D eigenvalue weighted by molar-refractivity contribution is 8.00. The molecule has 0 aliphatic carbocycles. The molecule has 0 aromatic heterocycles. The average Bonchev–Trinajstić information content (AvgIpc) is 2.26. The molecule has 0 amide bonds. The van der Waals surface area contributed by atoms with E-state index in [1.807, 2.05) is 25.1 Å². The van der Waals surface area contributed by atoms with Crippen LogP contribution in [0.5, 0.6) is 5.75 Å². The smallest absolute Gasteiger partial charge is 0.137 e. The SMILES string of the molecule is CCC(C#N)Sc1ccc(OC)c(Cl)c1. The molecule has 0 fully saturated rings. The Balaban J connectivity index is 2.80. The number of nitrogens with zero attached hydrogens (tertiary/aromatic N) is 1. The number of rotatable bonds is 4. The molecule has 1 aromatic rings. The molecule has 80 valence electrons. The van der Waals surface area contributed by atoms with Crippen molar-refractivity contribution in [1.82, 2.24) is 0 Å². The van der Waals surface area contributed by atoms with Crippen molar-refractivity contribution >= 4 is 23.4 Å². The molecule has 0 N–H and O–H groups in total. The molecule has 1 atom stereocenters. The third-order valence-corrected chi connectivity index (χ3v) is 3.46. The molecular weight excluding hydrogens is 230 g/mol. The Morgan fingerprint density at radius 1 is 1.60 bits per heavy atom. The first kappa shape index (κ1) is 12.2. The van der Waals surface area contributed by atoms with Gasteiger partial charge in [0.1, 0.15) is 5.75 Å². The summed E-state index contributed by atoms with van der Waals surface area (Å²) in [6.07, 6.45) is 0.824. The second-order valence-electron chi connectivity index (χ2n) is 2.94. The Labute approximate surface area is 99.2 Å². The zero-order chi connectivity index (χ0) is 11.3. The van der Waals surface area contributed by atoms with Crippen LogP contribution in [0.1, 0.15) is 13.3 Å². The number of hydrogen-bond donors (Lipinski definition) is 0. The lowest BCUT2D eigenvalue weighted by Gasteiger charge is -2.08. The van der Waals surface area contributed by atoms with Crippen LogP contribution in [0.2, 0.25) is 5.02 Å². The maximum Gasteiger partial charge on any atom is 0.137 e. The molecule has 2 nitrogen and oxygen atoms in total. The van der Waals surface area contributed by atoms with Gasteiger partial charge in [-0.15, -0.1) is 11.8 Å². The first-order chi connectivity index (χ1) is 7.21. The van der Waals surface area contributed by atoms with Crippen molar-refractivity contribution < 1.29 is 4.74 Å². The molecule has 0 bridgehead atoms. The standard InChI is InChI=1S/C11H12ClNOS/c1-3-8(7-13)15-9-4-5-11(14-2)10(12)6-9/h4-6,8H,3H2,1-2H3. The lowest BCUT2D eigenvalue weighted by Crippen LogP contribution is -1.95. The van der Waals surface area contributed by atoms with Gasteiger partial charge in [-0.05, 0) is 24.6 Å². The first-order valence-corrected chi connectivity index (χ1v) is 5.86. The summed E-state index contributed by atoms with van der Waals surface area (Å²) in [7, 11) is 1.58. The van der Waals surface area contributed by atoms with Crippen molar-refractivity contribution in [2.75, 3.05) is 7.11 Å². The van der Waals surface area contributed by atoms with Crippen LogP contribution in [0.4, 0.5) is 0 Å². The van der Waals surface area contributed by atoms with Gasteiger partial charge in [-0.1, -0.05) is 18.5 Å². The van der Waals surface area contributed by atoms with Gasteiger partial charge in [0.25, 0.3) is 0 Å². The monoisotopic (exact) mass is 241 g/mol. The van der Waals surface area contributed by atoms with E-state index in [2.05, 4.69) is 6.07 Å². The van der Waals surface area contributed by atoms with E-state index in [1.165, 1.54) is 11.8 Å². The average molecular weight is 242 g/mol. The van der Waals surface area contributed by atoms with E-state index in [0.29, 0.717) is 10.8 Å². The molecule has 0 aliphatic heterocycles. The van der Waals surface area contributed by atoms with E-state index < -0.39 is 0 Å². The predicted octanol–water partition coefficient (Wildman–Crippen LogP) is 3.74. The number of halogens is 1. The summed E-state index contributed by atoms with van der Waals surface area (Å²) in [5.74, 6) is 0.658. The molecule has 15 heavy (non-hydrogen) atoms. The number of ether oxygens (including phenoxy) is 1. The molecule has 0 radical (unpaired) electrons. The van der Waals surface area contributed by atoms with Crippen LogP contribution in [0.25, 0.3) is 0 Å². The van der Waals surface area contributed by atoms with Crippen LogP contribution in [0, 0.1) is 11.3 Å². The maximum atomic E-state index is 8.83. The van der Waals surface area contributed by atoms with E-state index in [4.69, 9.17) is 21.6 Å². The van der Waals surface area contributed by atoms with Gasteiger partial charge in [0, 0.05) is 4.90 Å². The van der Waals surface area contributed by atoms with Crippen LogP contribution in [0.15, 0.2) is 23.1 Å². The largest absolute Gasteiger partial charge is 0.495 e. The minimum Gasteiger partial charge on any atom is -0.495 e. The molecule has 1 unspecified atom stereocenters. The van der Waals surface area contributed by atoms with Crippen molar-refractivity contribution in [3.05, 3.63) is 23.2 Å². The fourth-order valence-corrected chi connectivity index (χ4v) is 2.29. The third kappa shape index (κ3) is 3.33. The fraction of sp³-hybridized carbons (Fsp3) is 0.364. The lowest BCUT2D eigenvalue weighted by molar-refractivity contribution is 0.414. The normalized spacial score (nSPS) is 11.9. The highest BCUT2D eigenvalue weighted by Crippen LogP contribution is 2.32. The predicted molar refractivity (Wildman–Crippen MR) is 63.6 cm³/mol. The zero-order valence-corrected chi connectivity index (χ0v) is 10.2. The number of nitriles is 1. The molecular formula is C11H12ClNOS. The summed E-state index contributed by atoms with van der Waals surface area (Å²) >= 11 is 7.50. The van der Waals surface area contributed by atoms with E-state index in [-0.39, 0.29) is 5.25 Å². The third-order valence-electron chi connectivity index (χ3n) is 1.92. The number of methoxy groups -OCH3 is 1. The number of benzene rings is 1. The van der Waals surface area contributed by atoms with Crippen LogP contribution < -0.4 is 4.74 Å². The summed E-state index contributed by atoms with van der Waals surface area (Å²) in [5.41, 5.74) is 0. The molecule has 0 spiro atoms. The molecule has 0 heterocycles. The van der Waals surface area contributed by atoms with Crippen LogP contribution in [0.3, 0.4) is 0 Å². The van der Waals surface area contributed by atoms with Gasteiger partial charge in [0.2, 0.25) is 0 Å². The minimum atomic E-state index is -0.0190. The highest BCUT2D eigenvalue weighted by atomic mass is 35.5. The summed E-state index contributed by atoms with van der Waals surface area (Å²) in [5, 5.41) is 9.39. The lowest BCUT2D eigenvalue weighted by atomic mass is 10.3.